The molecule has 1 unspecified atom stereocenters. The van der Waals surface area contributed by atoms with Crippen LogP contribution in [0.15, 0.2) is 29.3 Å². The summed E-state index contributed by atoms with van der Waals surface area (Å²) in [6.07, 6.45) is 4.05. The van der Waals surface area contributed by atoms with Crippen molar-refractivity contribution in [2.45, 2.75) is 18.8 Å². The Morgan fingerprint density at radius 1 is 1.21 bits per heavy atom. The summed E-state index contributed by atoms with van der Waals surface area (Å²) >= 11 is 0. The van der Waals surface area contributed by atoms with E-state index in [9.17, 15) is 4.39 Å². The van der Waals surface area contributed by atoms with Crippen LogP contribution in [-0.2, 0) is 0 Å². The van der Waals surface area contributed by atoms with E-state index in [1.807, 2.05) is 18.3 Å². The van der Waals surface area contributed by atoms with Crippen LogP contribution in [0.2, 0.25) is 0 Å². The molecule has 0 bridgehead atoms. The van der Waals surface area contributed by atoms with Crippen molar-refractivity contribution in [1.29, 1.82) is 0 Å². The van der Waals surface area contributed by atoms with E-state index >= 15 is 0 Å². The predicted molar refractivity (Wildman–Crippen MR) is 59.0 cm³/mol. The first kappa shape index (κ1) is 11.2. The van der Waals surface area contributed by atoms with E-state index in [1.54, 1.807) is 0 Å². The lowest BCUT2D eigenvalue weighted by Gasteiger charge is -2.17. The van der Waals surface area contributed by atoms with Crippen molar-refractivity contribution in [2.24, 2.45) is 4.99 Å². The molecule has 0 saturated carbocycles. The molecule has 76 valence electrons. The Labute approximate surface area is 89.5 Å². The van der Waals surface area contributed by atoms with Gasteiger partial charge in [0.1, 0.15) is 5.82 Å². The van der Waals surface area contributed by atoms with Crippen molar-refractivity contribution in [3.05, 3.63) is 35.6 Å². The van der Waals surface area contributed by atoms with Crippen LogP contribution in [0.5, 0.6) is 0 Å². The zero-order valence-electron chi connectivity index (χ0n) is 7.82. The number of nitrogens with zero attached hydrogens (tertiary/aromatic N) is 1. The summed E-state index contributed by atoms with van der Waals surface area (Å²) in [5, 5.41) is 0. The smallest absolute Gasteiger partial charge is 0.123 e. The Morgan fingerprint density at radius 2 is 1.93 bits per heavy atom. The molecule has 0 radical (unpaired) electrons. The van der Waals surface area contributed by atoms with Crippen molar-refractivity contribution >= 4 is 18.6 Å². The van der Waals surface area contributed by atoms with Crippen molar-refractivity contribution in [3.8, 4) is 0 Å². The summed E-state index contributed by atoms with van der Waals surface area (Å²) in [5.41, 5.74) is 1.23. The van der Waals surface area contributed by atoms with Crippen molar-refractivity contribution < 1.29 is 4.39 Å². The molecule has 0 N–H and O–H groups in total. The lowest BCUT2D eigenvalue weighted by atomic mass is 9.92. The molecule has 1 aromatic rings. The molecule has 1 atom stereocenters. The molecule has 1 aliphatic heterocycles. The van der Waals surface area contributed by atoms with E-state index in [0.717, 1.165) is 19.4 Å². The Kier molecular flexibility index (Phi) is 4.08. The van der Waals surface area contributed by atoms with E-state index in [4.69, 9.17) is 0 Å². The quantitative estimate of drug-likeness (QED) is 0.680. The van der Waals surface area contributed by atoms with Gasteiger partial charge in [-0.2, -0.15) is 0 Å². The maximum Gasteiger partial charge on any atom is 0.123 e. The number of aliphatic imine (C=N–C) groups is 1. The van der Waals surface area contributed by atoms with Crippen LogP contribution in [0.1, 0.15) is 24.3 Å². The molecule has 1 aliphatic rings. The fraction of sp³-hybridized carbons (Fsp3) is 0.364. The van der Waals surface area contributed by atoms with Crippen LogP contribution in [0, 0.1) is 5.82 Å². The molecule has 0 aromatic heterocycles. The first-order valence-electron chi connectivity index (χ1n) is 4.60. The topological polar surface area (TPSA) is 12.4 Å². The molecule has 0 fully saturated rings. The average Bonchev–Trinajstić information content (AvgIpc) is 2.20. The highest BCUT2D eigenvalue weighted by Crippen LogP contribution is 2.24. The molecular weight excluding hydrogens is 201 g/mol. The highest BCUT2D eigenvalue weighted by molar-refractivity contribution is 5.85. The highest BCUT2D eigenvalue weighted by atomic mass is 35.5. The number of benzene rings is 1. The van der Waals surface area contributed by atoms with Gasteiger partial charge in [-0.25, -0.2) is 4.39 Å². The summed E-state index contributed by atoms with van der Waals surface area (Å²) in [6, 6.07) is 6.81. The fourth-order valence-corrected chi connectivity index (χ4v) is 1.68. The molecule has 0 saturated heterocycles. The monoisotopic (exact) mass is 213 g/mol. The zero-order chi connectivity index (χ0) is 9.10. The normalized spacial score (nSPS) is 20.2. The van der Waals surface area contributed by atoms with E-state index in [1.165, 1.54) is 17.7 Å². The van der Waals surface area contributed by atoms with Gasteiger partial charge in [-0.1, -0.05) is 12.1 Å². The second-order valence-electron chi connectivity index (χ2n) is 3.36. The summed E-state index contributed by atoms with van der Waals surface area (Å²) < 4.78 is 12.6. The number of hydrogen-bond donors (Lipinski definition) is 0. The maximum atomic E-state index is 12.6. The summed E-state index contributed by atoms with van der Waals surface area (Å²) in [7, 11) is 0. The van der Waals surface area contributed by atoms with Gasteiger partial charge in [0, 0.05) is 6.54 Å². The minimum absolute atomic E-state index is 0. The predicted octanol–water partition coefficient (Wildman–Crippen LogP) is 3.20. The van der Waals surface area contributed by atoms with Crippen LogP contribution in [0.4, 0.5) is 4.39 Å². The molecule has 1 heterocycles. The van der Waals surface area contributed by atoms with Crippen LogP contribution in [0.3, 0.4) is 0 Å². The van der Waals surface area contributed by atoms with Crippen LogP contribution in [-0.4, -0.2) is 12.8 Å². The molecule has 1 nitrogen and oxygen atoms in total. The zero-order valence-corrected chi connectivity index (χ0v) is 8.64. The Morgan fingerprint density at radius 3 is 2.50 bits per heavy atom. The standard InChI is InChI=1S/C11H12FN.ClH/c12-11-3-1-9(2-4-11)10-5-7-13-8-6-10;/h1-4,7,10H,5-6,8H2;1H. The van der Waals surface area contributed by atoms with E-state index < -0.39 is 0 Å². The number of hydrogen-bond acceptors (Lipinski definition) is 1. The minimum Gasteiger partial charge on any atom is -0.297 e. The van der Waals surface area contributed by atoms with Gasteiger partial charge in [0.15, 0.2) is 0 Å². The molecule has 1 aromatic carbocycles. The molecule has 2 rings (SSSR count). The number of rotatable bonds is 1. The van der Waals surface area contributed by atoms with Crippen molar-refractivity contribution in [1.82, 2.24) is 0 Å². The number of halogens is 2. The van der Waals surface area contributed by atoms with Crippen LogP contribution in [0.25, 0.3) is 0 Å². The summed E-state index contributed by atoms with van der Waals surface area (Å²) in [5.74, 6) is 0.381. The van der Waals surface area contributed by atoms with Gasteiger partial charge in [0.25, 0.3) is 0 Å². The molecule has 14 heavy (non-hydrogen) atoms. The van der Waals surface area contributed by atoms with Gasteiger partial charge >= 0.3 is 0 Å². The second-order valence-corrected chi connectivity index (χ2v) is 3.36. The Bertz CT molecular complexity index is 308. The average molecular weight is 214 g/mol. The largest absolute Gasteiger partial charge is 0.297 e. The minimum atomic E-state index is -0.159. The van der Waals surface area contributed by atoms with Gasteiger partial charge in [0.2, 0.25) is 0 Å². The van der Waals surface area contributed by atoms with Crippen molar-refractivity contribution in [3.63, 3.8) is 0 Å². The summed E-state index contributed by atoms with van der Waals surface area (Å²) in [4.78, 5) is 4.17. The SMILES string of the molecule is Cl.Fc1ccc(C2CC=NCC2)cc1. The van der Waals surface area contributed by atoms with Gasteiger partial charge in [-0.05, 0) is 42.7 Å². The van der Waals surface area contributed by atoms with Gasteiger partial charge in [-0.3, -0.25) is 4.99 Å². The maximum absolute atomic E-state index is 12.6. The molecule has 0 aliphatic carbocycles. The molecular formula is C11H13ClFN. The second kappa shape index (κ2) is 5.11. The lowest BCUT2D eigenvalue weighted by molar-refractivity contribution is 0.616. The lowest BCUT2D eigenvalue weighted by Crippen LogP contribution is -2.06. The van der Waals surface area contributed by atoms with E-state index in [0.29, 0.717) is 5.92 Å². The van der Waals surface area contributed by atoms with Crippen LogP contribution >= 0.6 is 12.4 Å². The van der Waals surface area contributed by atoms with E-state index in [-0.39, 0.29) is 18.2 Å². The third-order valence-electron chi connectivity index (χ3n) is 2.47. The third kappa shape index (κ3) is 2.55. The Balaban J connectivity index is 0.000000980. The van der Waals surface area contributed by atoms with Crippen molar-refractivity contribution in [2.75, 3.05) is 6.54 Å². The Hall–Kier alpha value is -0.890. The summed E-state index contributed by atoms with van der Waals surface area (Å²) in [6.45, 7) is 0.905. The van der Waals surface area contributed by atoms with Crippen LogP contribution < -0.4 is 0 Å². The third-order valence-corrected chi connectivity index (χ3v) is 2.47. The molecule has 3 heteroatoms. The van der Waals surface area contributed by atoms with E-state index in [2.05, 4.69) is 4.99 Å². The fourth-order valence-electron chi connectivity index (χ4n) is 1.68. The van der Waals surface area contributed by atoms with Gasteiger partial charge in [0.05, 0.1) is 0 Å². The highest BCUT2D eigenvalue weighted by Gasteiger charge is 2.12. The van der Waals surface area contributed by atoms with Gasteiger partial charge < -0.3 is 0 Å². The molecule has 0 spiro atoms. The molecule has 0 amide bonds. The first-order valence-corrected chi connectivity index (χ1v) is 4.60. The first-order chi connectivity index (χ1) is 6.36. The van der Waals surface area contributed by atoms with Gasteiger partial charge in [-0.15, -0.1) is 12.4 Å².